The number of rotatable bonds is 3. The van der Waals surface area contributed by atoms with Crippen molar-refractivity contribution in [2.24, 2.45) is 0 Å². The fourth-order valence-corrected chi connectivity index (χ4v) is 3.04. The minimum atomic E-state index is 0.0979. The predicted octanol–water partition coefficient (Wildman–Crippen LogP) is 2.37. The van der Waals surface area contributed by atoms with E-state index >= 15 is 0 Å². The monoisotopic (exact) mass is 353 g/mol. The molecule has 3 aromatic rings. The van der Waals surface area contributed by atoms with Crippen LogP contribution >= 0.6 is 0 Å². The third-order valence-electron chi connectivity index (χ3n) is 4.47. The van der Waals surface area contributed by atoms with Gasteiger partial charge in [-0.1, -0.05) is 5.16 Å². The number of hydrogen-bond acceptors (Lipinski definition) is 7. The molecule has 0 N–H and O–H groups in total. The molecule has 1 aliphatic rings. The maximum atomic E-state index is 11.5. The van der Waals surface area contributed by atoms with Crippen LogP contribution in [0.1, 0.15) is 12.6 Å². The zero-order valence-electron chi connectivity index (χ0n) is 14.7. The number of piperazine rings is 1. The lowest BCUT2D eigenvalue weighted by Gasteiger charge is -2.34. The minimum absolute atomic E-state index is 0.0979. The van der Waals surface area contributed by atoms with E-state index in [1.807, 2.05) is 24.0 Å². The van der Waals surface area contributed by atoms with Crippen molar-refractivity contribution in [2.75, 3.05) is 31.1 Å². The highest BCUT2D eigenvalue weighted by atomic mass is 16.5. The molecule has 0 bridgehead atoms. The van der Waals surface area contributed by atoms with Crippen LogP contribution in [0.25, 0.3) is 22.6 Å². The lowest BCUT2D eigenvalue weighted by Crippen LogP contribution is -2.48. The van der Waals surface area contributed by atoms with Crippen LogP contribution in [0.15, 0.2) is 39.8 Å². The molecule has 0 radical (unpaired) electrons. The van der Waals surface area contributed by atoms with Gasteiger partial charge in [0.05, 0.1) is 29.5 Å². The Morgan fingerprint density at radius 1 is 1.23 bits per heavy atom. The van der Waals surface area contributed by atoms with E-state index in [2.05, 4.69) is 15.0 Å². The van der Waals surface area contributed by atoms with E-state index in [0.29, 0.717) is 37.9 Å². The highest BCUT2D eigenvalue weighted by Gasteiger charge is 2.23. The molecular weight excluding hydrogens is 334 g/mol. The second kappa shape index (κ2) is 6.62. The molecule has 1 aliphatic heterocycles. The summed E-state index contributed by atoms with van der Waals surface area (Å²) >= 11 is 0. The van der Waals surface area contributed by atoms with Gasteiger partial charge in [0.25, 0.3) is 0 Å². The van der Waals surface area contributed by atoms with Gasteiger partial charge in [-0.2, -0.15) is 0 Å². The summed E-state index contributed by atoms with van der Waals surface area (Å²) in [5.41, 5.74) is 3.13. The highest BCUT2D eigenvalue weighted by Crippen LogP contribution is 2.32. The molecule has 1 fully saturated rings. The highest BCUT2D eigenvalue weighted by molar-refractivity contribution is 5.78. The van der Waals surface area contributed by atoms with E-state index < -0.39 is 0 Å². The minimum Gasteiger partial charge on any atom is -0.472 e. The number of carbonyl (C=O) groups excluding carboxylic acids is 1. The van der Waals surface area contributed by atoms with E-state index in [0.717, 1.165) is 22.5 Å². The van der Waals surface area contributed by atoms with Crippen LogP contribution in [-0.4, -0.2) is 52.1 Å². The lowest BCUT2D eigenvalue weighted by atomic mass is 10.1. The largest absolute Gasteiger partial charge is 0.472 e. The van der Waals surface area contributed by atoms with Gasteiger partial charge < -0.3 is 18.7 Å². The second-order valence-electron chi connectivity index (χ2n) is 6.27. The van der Waals surface area contributed by atoms with Gasteiger partial charge in [-0.3, -0.25) is 4.79 Å². The molecule has 0 aliphatic carbocycles. The van der Waals surface area contributed by atoms with Crippen LogP contribution in [0.4, 0.5) is 5.95 Å². The zero-order valence-corrected chi connectivity index (χ0v) is 14.7. The Hall–Kier alpha value is -3.16. The molecule has 0 spiro atoms. The molecule has 4 rings (SSSR count). The molecular formula is C18H19N5O3. The summed E-state index contributed by atoms with van der Waals surface area (Å²) in [6.45, 7) is 6.20. The molecule has 0 atom stereocenters. The van der Waals surface area contributed by atoms with Gasteiger partial charge in [-0.15, -0.1) is 0 Å². The standard InChI is InChI=1S/C18H19N5O3/c1-12-9-16(26-21-12)15-10-19-18(20-17(15)14-3-8-25-11-14)23-6-4-22(5-7-23)13(2)24/h3,8-11H,4-7H2,1-2H3. The summed E-state index contributed by atoms with van der Waals surface area (Å²) in [6, 6.07) is 3.71. The van der Waals surface area contributed by atoms with E-state index in [1.165, 1.54) is 0 Å². The quantitative estimate of drug-likeness (QED) is 0.714. The molecule has 0 unspecified atom stereocenters. The molecule has 8 heteroatoms. The van der Waals surface area contributed by atoms with Crippen LogP contribution in [0, 0.1) is 6.92 Å². The van der Waals surface area contributed by atoms with Crippen molar-refractivity contribution in [3.05, 3.63) is 36.5 Å². The summed E-state index contributed by atoms with van der Waals surface area (Å²) in [5, 5.41) is 3.95. The van der Waals surface area contributed by atoms with Crippen LogP contribution in [-0.2, 0) is 4.79 Å². The summed E-state index contributed by atoms with van der Waals surface area (Å²) in [6.07, 6.45) is 5.01. The number of furan rings is 1. The van der Waals surface area contributed by atoms with Crippen LogP contribution in [0.3, 0.4) is 0 Å². The molecule has 0 saturated carbocycles. The fraction of sp³-hybridized carbons (Fsp3) is 0.333. The van der Waals surface area contributed by atoms with Gasteiger partial charge in [0.15, 0.2) is 5.76 Å². The van der Waals surface area contributed by atoms with Crippen molar-refractivity contribution >= 4 is 11.9 Å². The van der Waals surface area contributed by atoms with Crippen molar-refractivity contribution in [3.8, 4) is 22.6 Å². The second-order valence-corrected chi connectivity index (χ2v) is 6.27. The van der Waals surface area contributed by atoms with Gasteiger partial charge >= 0.3 is 0 Å². The van der Waals surface area contributed by atoms with E-state index in [9.17, 15) is 4.79 Å². The van der Waals surface area contributed by atoms with E-state index in [1.54, 1.807) is 25.6 Å². The van der Waals surface area contributed by atoms with Crippen molar-refractivity contribution in [1.29, 1.82) is 0 Å². The molecule has 1 saturated heterocycles. The summed E-state index contributed by atoms with van der Waals surface area (Å²) < 4.78 is 10.6. The van der Waals surface area contributed by atoms with Crippen molar-refractivity contribution in [3.63, 3.8) is 0 Å². The maximum Gasteiger partial charge on any atom is 0.226 e. The molecule has 1 amide bonds. The number of hydrogen-bond donors (Lipinski definition) is 0. The molecule has 134 valence electrons. The first-order chi connectivity index (χ1) is 12.6. The Kier molecular flexibility index (Phi) is 4.16. The number of anilines is 1. The summed E-state index contributed by atoms with van der Waals surface area (Å²) in [4.78, 5) is 24.7. The zero-order chi connectivity index (χ0) is 18.1. The Morgan fingerprint density at radius 3 is 2.65 bits per heavy atom. The number of aromatic nitrogens is 3. The van der Waals surface area contributed by atoms with Gasteiger partial charge in [0.1, 0.15) is 0 Å². The van der Waals surface area contributed by atoms with Crippen LogP contribution in [0.2, 0.25) is 0 Å². The van der Waals surface area contributed by atoms with E-state index in [4.69, 9.17) is 13.9 Å². The molecule has 8 nitrogen and oxygen atoms in total. The SMILES string of the molecule is CC(=O)N1CCN(c2ncc(-c3cc(C)no3)c(-c3ccoc3)n2)CC1. The van der Waals surface area contributed by atoms with Gasteiger partial charge in [0, 0.05) is 50.9 Å². The molecule has 4 heterocycles. The first-order valence-corrected chi connectivity index (χ1v) is 8.45. The Bertz CT molecular complexity index is 911. The van der Waals surface area contributed by atoms with Crippen molar-refractivity contribution < 1.29 is 13.7 Å². The Labute approximate surface area is 150 Å². The average molecular weight is 353 g/mol. The van der Waals surface area contributed by atoms with Crippen LogP contribution < -0.4 is 4.90 Å². The first-order valence-electron chi connectivity index (χ1n) is 8.45. The van der Waals surface area contributed by atoms with Crippen LogP contribution in [0.5, 0.6) is 0 Å². The Balaban J connectivity index is 1.68. The number of amides is 1. The summed E-state index contributed by atoms with van der Waals surface area (Å²) in [5.74, 6) is 1.34. The van der Waals surface area contributed by atoms with Gasteiger partial charge in [-0.05, 0) is 13.0 Å². The number of nitrogens with zero attached hydrogens (tertiary/aromatic N) is 5. The van der Waals surface area contributed by atoms with Gasteiger partial charge in [-0.25, -0.2) is 9.97 Å². The fourth-order valence-electron chi connectivity index (χ4n) is 3.04. The van der Waals surface area contributed by atoms with Gasteiger partial charge in [0.2, 0.25) is 11.9 Å². The Morgan fingerprint density at radius 2 is 2.04 bits per heavy atom. The lowest BCUT2D eigenvalue weighted by molar-refractivity contribution is -0.129. The third-order valence-corrected chi connectivity index (χ3v) is 4.47. The average Bonchev–Trinajstić information content (AvgIpc) is 3.33. The smallest absolute Gasteiger partial charge is 0.226 e. The third kappa shape index (κ3) is 3.05. The molecule has 3 aromatic heterocycles. The maximum absolute atomic E-state index is 11.5. The van der Waals surface area contributed by atoms with E-state index in [-0.39, 0.29) is 5.91 Å². The van der Waals surface area contributed by atoms with Crippen molar-refractivity contribution in [2.45, 2.75) is 13.8 Å². The normalized spacial score (nSPS) is 14.7. The van der Waals surface area contributed by atoms with Crippen molar-refractivity contribution in [1.82, 2.24) is 20.0 Å². The summed E-state index contributed by atoms with van der Waals surface area (Å²) in [7, 11) is 0. The molecule has 0 aromatic carbocycles. The first kappa shape index (κ1) is 16.3. The molecule has 26 heavy (non-hydrogen) atoms. The number of aryl methyl sites for hydroxylation is 1. The number of carbonyl (C=O) groups is 1. The predicted molar refractivity (Wildman–Crippen MR) is 94.4 cm³/mol. The topological polar surface area (TPSA) is 88.5 Å².